The molecular weight excluding hydrogens is 868 g/mol. The van der Waals surface area contributed by atoms with Gasteiger partial charge in [0.1, 0.15) is 48.4 Å². The molecule has 2 bridgehead atoms. The van der Waals surface area contributed by atoms with E-state index in [0.29, 0.717) is 62.2 Å². The highest BCUT2D eigenvalue weighted by atomic mass is 32.2. The molecular formula is C49H67FN6O9S. The highest BCUT2D eigenvalue weighted by molar-refractivity contribution is 7.91. The van der Waals surface area contributed by atoms with Crippen LogP contribution >= 0.6 is 0 Å². The number of ether oxygens (including phenoxy) is 3. The van der Waals surface area contributed by atoms with Gasteiger partial charge >= 0.3 is 6.09 Å². The zero-order chi connectivity index (χ0) is 46.2. The summed E-state index contributed by atoms with van der Waals surface area (Å²) in [6.07, 6.45) is 12.1. The van der Waals surface area contributed by atoms with Crippen molar-refractivity contribution in [1.29, 1.82) is 0 Å². The van der Waals surface area contributed by atoms with E-state index >= 15 is 4.79 Å². The van der Waals surface area contributed by atoms with Crippen LogP contribution in [0.25, 0.3) is 10.9 Å². The molecule has 7 aliphatic rings. The van der Waals surface area contributed by atoms with Crippen LogP contribution in [0.2, 0.25) is 0 Å². The van der Waals surface area contributed by atoms with Crippen LogP contribution in [0.15, 0.2) is 36.9 Å². The molecule has 15 nitrogen and oxygen atoms in total. The maximum atomic E-state index is 15.2. The number of hydrogen-bond acceptors (Lipinski definition) is 11. The van der Waals surface area contributed by atoms with Gasteiger partial charge in [-0.2, -0.15) is 0 Å². The summed E-state index contributed by atoms with van der Waals surface area (Å²) in [7, 11) is -4.04. The van der Waals surface area contributed by atoms with Crippen molar-refractivity contribution < 1.29 is 46.2 Å². The lowest BCUT2D eigenvalue weighted by Gasteiger charge is -2.47. The first kappa shape index (κ1) is 46.6. The largest absolute Gasteiger partial charge is 0.489 e. The zero-order valence-corrected chi connectivity index (χ0v) is 39.1. The van der Waals surface area contributed by atoms with E-state index in [0.717, 1.165) is 88.2 Å². The van der Waals surface area contributed by atoms with Crippen molar-refractivity contribution in [3.8, 4) is 11.6 Å². The van der Waals surface area contributed by atoms with Crippen molar-refractivity contribution in [2.45, 2.75) is 163 Å². The predicted molar refractivity (Wildman–Crippen MR) is 245 cm³/mol. The number of pyridine rings is 1. The molecule has 1 aromatic heterocycles. The number of piperidine rings is 1. The molecule has 4 amide bonds. The SMILES string of the molecule is C=CC1CCC1(NC(=O)C1CC2CN1C(=O)C(C1CCCCC1)NC(=O)OC1CC1CCCCCc1c(nc3ccccc3c1OC1CCN(CCF)CC1)O2)C(=O)NS(=O)(=O)C1(C)CC1. The number of carbonyl (C=O) groups is 4. The number of fused-ring (bicyclic) bond motifs is 5. The molecule has 1 aromatic carbocycles. The Labute approximate surface area is 387 Å². The van der Waals surface area contributed by atoms with Gasteiger partial charge in [-0.3, -0.25) is 19.1 Å². The summed E-state index contributed by atoms with van der Waals surface area (Å²) < 4.78 is 61.0. The van der Waals surface area contributed by atoms with Crippen molar-refractivity contribution in [2.24, 2.45) is 17.8 Å². The number of benzene rings is 1. The Morgan fingerprint density at radius 1 is 0.970 bits per heavy atom. The third-order valence-electron chi connectivity index (χ3n) is 15.9. The van der Waals surface area contributed by atoms with Gasteiger partial charge in [0.15, 0.2) is 0 Å². The summed E-state index contributed by atoms with van der Waals surface area (Å²) in [5, 5.41) is 6.78. The van der Waals surface area contributed by atoms with E-state index in [9.17, 15) is 27.2 Å². The summed E-state index contributed by atoms with van der Waals surface area (Å²) in [5.74, 6) is -1.33. The quantitative estimate of drug-likeness (QED) is 0.224. The number of alkyl halides is 1. The zero-order valence-electron chi connectivity index (χ0n) is 38.3. The number of nitrogens with one attached hydrogen (secondary N) is 3. The smallest absolute Gasteiger partial charge is 0.408 e. The molecule has 3 aliphatic heterocycles. The minimum absolute atomic E-state index is 0.0183. The fourth-order valence-electron chi connectivity index (χ4n) is 11.1. The number of alkyl carbamates (subject to hydrolysis) is 1. The summed E-state index contributed by atoms with van der Waals surface area (Å²) in [5.41, 5.74) is -0.118. The second-order valence-electron chi connectivity index (χ2n) is 20.4. The summed E-state index contributed by atoms with van der Waals surface area (Å²) >= 11 is 0. The van der Waals surface area contributed by atoms with Gasteiger partial charge in [-0.15, -0.1) is 6.58 Å². The van der Waals surface area contributed by atoms with Crippen LogP contribution in [-0.4, -0.2) is 121 Å². The van der Waals surface area contributed by atoms with E-state index < -0.39 is 74.9 Å². The van der Waals surface area contributed by atoms with E-state index in [-0.39, 0.29) is 43.4 Å². The van der Waals surface area contributed by atoms with E-state index in [1.807, 2.05) is 24.3 Å². The molecule has 17 heteroatoms. The standard InChI is InChI=1S/C49H67FN6O9S/c1-3-33-18-21-49(33,46(59)54-66(61,62)48(2)22-23-48)53-43(57)39-29-35-30-56(39)45(58)41(31-12-6-4-7-13-31)52-47(60)65-40-28-32(40)14-8-5-9-16-37-42(63-34-19-25-55(26-20-34)27-24-50)36-15-10-11-17-38(36)51-44(37)64-35/h3,10-11,15,17,31-35,39-41H,1,4-9,12-14,16,18-30H2,2H3,(H,52,60)(H,53,57)(H,54,59). The van der Waals surface area contributed by atoms with Crippen LogP contribution in [0.5, 0.6) is 11.6 Å². The number of nitrogens with zero attached hydrogens (tertiary/aromatic N) is 3. The minimum atomic E-state index is -4.04. The van der Waals surface area contributed by atoms with Gasteiger partial charge in [0.05, 0.1) is 22.4 Å². The average Bonchev–Trinajstić information content (AvgIpc) is 4.20. The average molecular weight is 935 g/mol. The predicted octanol–water partition coefficient (Wildman–Crippen LogP) is 6.03. The van der Waals surface area contributed by atoms with E-state index in [2.05, 4.69) is 26.8 Å². The van der Waals surface area contributed by atoms with E-state index in [1.165, 1.54) is 4.90 Å². The van der Waals surface area contributed by atoms with Crippen molar-refractivity contribution >= 4 is 44.7 Å². The fraction of sp³-hybridized carbons (Fsp3) is 0.694. The number of hydrogen-bond donors (Lipinski definition) is 3. The lowest BCUT2D eigenvalue weighted by atomic mass is 9.66. The van der Waals surface area contributed by atoms with E-state index in [4.69, 9.17) is 19.2 Å². The topological polar surface area (TPSA) is 186 Å². The Bertz CT molecular complexity index is 2280. The number of halogens is 1. The van der Waals surface area contributed by atoms with Crippen molar-refractivity contribution in [1.82, 2.24) is 30.1 Å². The second kappa shape index (κ2) is 19.2. The number of aromatic nitrogens is 1. The normalized spacial score (nSPS) is 31.0. The van der Waals surface area contributed by atoms with Gasteiger partial charge in [-0.05, 0) is 108 Å². The van der Waals surface area contributed by atoms with Crippen LogP contribution in [0, 0.1) is 17.8 Å². The maximum absolute atomic E-state index is 15.2. The Morgan fingerprint density at radius 3 is 2.39 bits per heavy atom. The maximum Gasteiger partial charge on any atom is 0.408 e. The molecule has 9 rings (SSSR count). The first-order valence-electron chi connectivity index (χ1n) is 24.6. The third kappa shape index (κ3) is 9.61. The number of likely N-dealkylation sites (tertiary alicyclic amines) is 1. The number of para-hydroxylation sites is 1. The molecule has 3 N–H and O–H groups in total. The molecule has 0 radical (unpaired) electrons. The molecule has 6 fully saturated rings. The Kier molecular flexibility index (Phi) is 13.6. The summed E-state index contributed by atoms with van der Waals surface area (Å²) in [4.78, 5) is 66.6. The monoisotopic (exact) mass is 934 g/mol. The molecule has 7 unspecified atom stereocenters. The minimum Gasteiger partial charge on any atom is -0.489 e. The Hall–Kier alpha value is -4.51. The molecule has 0 spiro atoms. The number of rotatable bonds is 11. The molecule has 4 saturated carbocycles. The van der Waals surface area contributed by atoms with Gasteiger partial charge in [-0.1, -0.05) is 50.3 Å². The van der Waals surface area contributed by atoms with Crippen LogP contribution < -0.4 is 24.8 Å². The Balaban J connectivity index is 1.07. The second-order valence-corrected chi connectivity index (χ2v) is 22.6. The number of carbonyl (C=O) groups excluding carboxylic acids is 4. The molecule has 360 valence electrons. The molecule has 4 heterocycles. The third-order valence-corrected chi connectivity index (χ3v) is 18.0. The van der Waals surface area contributed by atoms with Gasteiger partial charge < -0.3 is 34.6 Å². The van der Waals surface area contributed by atoms with Crippen molar-refractivity contribution in [3.05, 3.63) is 42.5 Å². The van der Waals surface area contributed by atoms with Gasteiger partial charge in [0, 0.05) is 37.4 Å². The molecule has 4 aliphatic carbocycles. The molecule has 66 heavy (non-hydrogen) atoms. The van der Waals surface area contributed by atoms with Crippen LogP contribution in [0.3, 0.4) is 0 Å². The van der Waals surface area contributed by atoms with Crippen molar-refractivity contribution in [2.75, 3.05) is 32.9 Å². The van der Waals surface area contributed by atoms with Gasteiger partial charge in [0.25, 0.3) is 5.91 Å². The number of amides is 4. The van der Waals surface area contributed by atoms with Gasteiger partial charge in [0.2, 0.25) is 27.7 Å². The summed E-state index contributed by atoms with van der Waals surface area (Å²) in [6.45, 7) is 6.96. The molecule has 2 aromatic rings. The van der Waals surface area contributed by atoms with Crippen molar-refractivity contribution in [3.63, 3.8) is 0 Å². The van der Waals surface area contributed by atoms with Crippen LogP contribution in [-0.2, 0) is 35.6 Å². The van der Waals surface area contributed by atoms with Crippen LogP contribution in [0.1, 0.15) is 122 Å². The van der Waals surface area contributed by atoms with E-state index in [1.54, 1.807) is 13.0 Å². The lowest BCUT2D eigenvalue weighted by molar-refractivity contribution is -0.145. The highest BCUT2D eigenvalue weighted by Gasteiger charge is 2.58. The fourth-order valence-corrected chi connectivity index (χ4v) is 12.4. The Morgan fingerprint density at radius 2 is 1.70 bits per heavy atom. The first-order valence-corrected chi connectivity index (χ1v) is 26.1. The molecule has 7 atom stereocenters. The van der Waals surface area contributed by atoms with Gasteiger partial charge in [-0.25, -0.2) is 22.6 Å². The summed E-state index contributed by atoms with van der Waals surface area (Å²) in [6, 6.07) is 5.66. The number of sulfonamides is 1. The molecule has 2 saturated heterocycles. The van der Waals surface area contributed by atoms with Crippen LogP contribution in [0.4, 0.5) is 9.18 Å². The first-order chi connectivity index (χ1) is 31.8. The highest BCUT2D eigenvalue weighted by Crippen LogP contribution is 2.45. The lowest BCUT2D eigenvalue weighted by Crippen LogP contribution is -2.70.